The van der Waals surface area contributed by atoms with Crippen LogP contribution in [0.2, 0.25) is 5.02 Å². The van der Waals surface area contributed by atoms with Gasteiger partial charge < -0.3 is 4.74 Å². The second kappa shape index (κ2) is 11.0. The lowest BCUT2D eigenvalue weighted by Gasteiger charge is -2.03. The molecule has 0 saturated heterocycles. The lowest BCUT2D eigenvalue weighted by atomic mass is 10.2. The largest absolute Gasteiger partial charge is 0.494 e. The first-order valence-corrected chi connectivity index (χ1v) is 11.3. The number of benzene rings is 2. The van der Waals surface area contributed by atoms with Gasteiger partial charge in [0.05, 0.1) is 24.3 Å². The minimum absolute atomic E-state index is 0.183. The maximum absolute atomic E-state index is 12.0. The van der Waals surface area contributed by atoms with E-state index in [-0.39, 0.29) is 11.7 Å². The number of nitrogens with zero attached hydrogens (tertiary/aromatic N) is 2. The van der Waals surface area contributed by atoms with E-state index in [9.17, 15) is 4.79 Å². The highest BCUT2D eigenvalue weighted by molar-refractivity contribution is 8.01. The monoisotopic (exact) mass is 445 g/mol. The average molecular weight is 446 g/mol. The van der Waals surface area contributed by atoms with Gasteiger partial charge in [0, 0.05) is 16.0 Å². The van der Waals surface area contributed by atoms with E-state index in [1.54, 1.807) is 6.21 Å². The third kappa shape index (κ3) is 6.88. The predicted octanol–water partition coefficient (Wildman–Crippen LogP) is 5.49. The Labute approximate surface area is 183 Å². The van der Waals surface area contributed by atoms with Crippen LogP contribution >= 0.6 is 34.7 Å². The fourth-order valence-corrected chi connectivity index (χ4v) is 4.04. The number of amides is 1. The zero-order chi connectivity index (χ0) is 20.5. The number of nitrogens with one attached hydrogen (secondary N) is 1. The molecule has 1 N–H and O–H groups in total. The highest BCUT2D eigenvalue weighted by Gasteiger charge is 2.08. The summed E-state index contributed by atoms with van der Waals surface area (Å²) in [6.07, 6.45) is 2.57. The number of thiazole rings is 1. The maximum atomic E-state index is 12.0. The molecule has 0 atom stereocenters. The second-order valence-corrected chi connectivity index (χ2v) is 8.52. The van der Waals surface area contributed by atoms with Crippen molar-refractivity contribution < 1.29 is 9.53 Å². The standard InChI is InChI=1S/C21H20ClN3O2S2/c1-2-11-27-18-9-3-15(4-10-18)12-23-25-20(26)14-29-21-24-19(13-28-21)16-5-7-17(22)8-6-16/h3-10,12-13H,2,11,14H2,1H3,(H,25,26). The summed E-state index contributed by atoms with van der Waals surface area (Å²) in [5.41, 5.74) is 5.29. The minimum atomic E-state index is -0.183. The van der Waals surface area contributed by atoms with E-state index in [1.807, 2.05) is 53.9 Å². The van der Waals surface area contributed by atoms with Crippen LogP contribution in [0.3, 0.4) is 0 Å². The Morgan fingerprint density at radius 1 is 1.24 bits per heavy atom. The number of ether oxygens (including phenoxy) is 1. The van der Waals surface area contributed by atoms with Crippen molar-refractivity contribution in [2.24, 2.45) is 5.10 Å². The molecule has 2 aromatic carbocycles. The summed E-state index contributed by atoms with van der Waals surface area (Å²) in [6.45, 7) is 2.76. The molecular formula is C21H20ClN3O2S2. The summed E-state index contributed by atoms with van der Waals surface area (Å²) in [4.78, 5) is 16.5. The molecule has 5 nitrogen and oxygen atoms in total. The molecular weight excluding hydrogens is 426 g/mol. The highest BCUT2D eigenvalue weighted by Crippen LogP contribution is 2.28. The van der Waals surface area contributed by atoms with Crippen LogP contribution in [0.25, 0.3) is 11.3 Å². The van der Waals surface area contributed by atoms with Gasteiger partial charge in [0.2, 0.25) is 0 Å². The fourth-order valence-electron chi connectivity index (χ4n) is 2.29. The van der Waals surface area contributed by atoms with Crippen molar-refractivity contribution in [1.29, 1.82) is 0 Å². The van der Waals surface area contributed by atoms with Crippen LogP contribution in [-0.4, -0.2) is 29.5 Å². The minimum Gasteiger partial charge on any atom is -0.494 e. The summed E-state index contributed by atoms with van der Waals surface area (Å²) in [5.74, 6) is 0.887. The Morgan fingerprint density at radius 3 is 2.72 bits per heavy atom. The quantitative estimate of drug-likeness (QED) is 0.268. The Hall–Kier alpha value is -2.35. The highest BCUT2D eigenvalue weighted by atomic mass is 35.5. The lowest BCUT2D eigenvalue weighted by Crippen LogP contribution is -2.19. The van der Waals surface area contributed by atoms with Crippen molar-refractivity contribution in [3.8, 4) is 17.0 Å². The number of hydrogen-bond acceptors (Lipinski definition) is 6. The number of aromatic nitrogens is 1. The van der Waals surface area contributed by atoms with E-state index in [4.69, 9.17) is 16.3 Å². The number of hydrogen-bond donors (Lipinski definition) is 1. The van der Waals surface area contributed by atoms with Crippen molar-refractivity contribution in [2.75, 3.05) is 12.4 Å². The topological polar surface area (TPSA) is 63.6 Å². The number of thioether (sulfide) groups is 1. The van der Waals surface area contributed by atoms with Gasteiger partial charge in [-0.15, -0.1) is 11.3 Å². The summed E-state index contributed by atoms with van der Waals surface area (Å²) < 4.78 is 6.36. The molecule has 0 unspecified atom stereocenters. The zero-order valence-corrected chi connectivity index (χ0v) is 18.2. The van der Waals surface area contributed by atoms with Crippen LogP contribution in [0.4, 0.5) is 0 Å². The van der Waals surface area contributed by atoms with E-state index in [1.165, 1.54) is 23.1 Å². The predicted molar refractivity (Wildman–Crippen MR) is 121 cm³/mol. The molecule has 1 amide bonds. The lowest BCUT2D eigenvalue weighted by molar-refractivity contribution is -0.118. The van der Waals surface area contributed by atoms with Gasteiger partial charge >= 0.3 is 0 Å². The third-order valence-corrected chi connectivity index (χ3v) is 5.98. The van der Waals surface area contributed by atoms with Crippen LogP contribution in [0.1, 0.15) is 18.9 Å². The van der Waals surface area contributed by atoms with Crippen molar-refractivity contribution in [1.82, 2.24) is 10.4 Å². The van der Waals surface area contributed by atoms with Crippen LogP contribution < -0.4 is 10.2 Å². The van der Waals surface area contributed by atoms with Gasteiger partial charge in [-0.3, -0.25) is 4.79 Å². The molecule has 0 fully saturated rings. The molecule has 0 aliphatic rings. The van der Waals surface area contributed by atoms with E-state index in [0.717, 1.165) is 33.3 Å². The van der Waals surface area contributed by atoms with Crippen LogP contribution in [0.5, 0.6) is 5.75 Å². The number of carbonyl (C=O) groups is 1. The first-order chi connectivity index (χ1) is 14.1. The van der Waals surface area contributed by atoms with Crippen molar-refractivity contribution >= 4 is 46.8 Å². The van der Waals surface area contributed by atoms with Crippen molar-refractivity contribution in [3.63, 3.8) is 0 Å². The number of carbonyl (C=O) groups excluding carboxylic acids is 1. The third-order valence-electron chi connectivity index (χ3n) is 3.71. The maximum Gasteiger partial charge on any atom is 0.250 e. The summed E-state index contributed by atoms with van der Waals surface area (Å²) in [5, 5.41) is 6.66. The fraction of sp³-hybridized carbons (Fsp3) is 0.190. The first-order valence-electron chi connectivity index (χ1n) is 9.03. The molecule has 29 heavy (non-hydrogen) atoms. The van der Waals surface area contributed by atoms with Gasteiger partial charge in [0.1, 0.15) is 5.75 Å². The molecule has 0 aliphatic heterocycles. The average Bonchev–Trinajstić information content (AvgIpc) is 3.21. The van der Waals surface area contributed by atoms with Gasteiger partial charge in [0.15, 0.2) is 4.34 Å². The van der Waals surface area contributed by atoms with E-state index in [2.05, 4.69) is 22.4 Å². The smallest absolute Gasteiger partial charge is 0.250 e. The van der Waals surface area contributed by atoms with E-state index < -0.39 is 0 Å². The Morgan fingerprint density at radius 2 is 2.00 bits per heavy atom. The molecule has 3 rings (SSSR count). The molecule has 0 aliphatic carbocycles. The normalized spacial score (nSPS) is 11.0. The van der Waals surface area contributed by atoms with Gasteiger partial charge in [-0.2, -0.15) is 5.10 Å². The summed E-state index contributed by atoms with van der Waals surface area (Å²) in [6, 6.07) is 15.1. The summed E-state index contributed by atoms with van der Waals surface area (Å²) in [7, 11) is 0. The molecule has 3 aromatic rings. The summed E-state index contributed by atoms with van der Waals surface area (Å²) >= 11 is 8.80. The first kappa shape index (κ1) is 21.4. The molecule has 0 saturated carbocycles. The van der Waals surface area contributed by atoms with Crippen LogP contribution in [-0.2, 0) is 4.79 Å². The molecule has 0 spiro atoms. The molecule has 0 radical (unpaired) electrons. The van der Waals surface area contributed by atoms with Crippen molar-refractivity contribution in [2.45, 2.75) is 17.7 Å². The number of rotatable bonds is 9. The van der Waals surface area contributed by atoms with E-state index >= 15 is 0 Å². The van der Waals surface area contributed by atoms with Gasteiger partial charge in [0.25, 0.3) is 5.91 Å². The van der Waals surface area contributed by atoms with Crippen LogP contribution in [0, 0.1) is 0 Å². The Kier molecular flexibility index (Phi) is 8.10. The molecule has 1 aromatic heterocycles. The SMILES string of the molecule is CCCOc1ccc(C=NNC(=O)CSc2nc(-c3ccc(Cl)cc3)cs2)cc1. The van der Waals surface area contributed by atoms with Crippen LogP contribution in [0.15, 0.2) is 63.4 Å². The number of hydrazone groups is 1. The molecule has 150 valence electrons. The second-order valence-electron chi connectivity index (χ2n) is 6.00. The van der Waals surface area contributed by atoms with Gasteiger partial charge in [-0.25, -0.2) is 10.4 Å². The molecule has 0 bridgehead atoms. The van der Waals surface area contributed by atoms with E-state index in [0.29, 0.717) is 11.6 Å². The Bertz CT molecular complexity index is 957. The Balaban J connectivity index is 1.44. The number of halogens is 1. The zero-order valence-electron chi connectivity index (χ0n) is 15.8. The van der Waals surface area contributed by atoms with Gasteiger partial charge in [-0.05, 0) is 48.4 Å². The molecule has 8 heteroatoms. The van der Waals surface area contributed by atoms with Crippen molar-refractivity contribution in [3.05, 3.63) is 64.5 Å². The van der Waals surface area contributed by atoms with Gasteiger partial charge in [-0.1, -0.05) is 42.4 Å². The molecule has 1 heterocycles.